The molecule has 0 spiro atoms. The monoisotopic (exact) mass is 303 g/mol. The summed E-state index contributed by atoms with van der Waals surface area (Å²) in [5, 5.41) is 9.14. The average Bonchev–Trinajstić information content (AvgIpc) is 2.96. The van der Waals surface area contributed by atoms with Crippen LogP contribution in [0.3, 0.4) is 0 Å². The summed E-state index contributed by atoms with van der Waals surface area (Å²) < 4.78 is 5.36. The molecule has 0 aromatic heterocycles. The van der Waals surface area contributed by atoms with Gasteiger partial charge in [0.15, 0.2) is 0 Å². The lowest BCUT2D eigenvalue weighted by atomic mass is 9.76. The fourth-order valence-corrected chi connectivity index (χ4v) is 3.62. The lowest BCUT2D eigenvalue weighted by molar-refractivity contribution is -0.143. The molecule has 0 bridgehead atoms. The Hall–Kier alpha value is -2.04. The number of fused-ring (bicyclic) bond motifs is 1. The van der Waals surface area contributed by atoms with Crippen LogP contribution >= 0.6 is 0 Å². The molecule has 3 atom stereocenters. The van der Waals surface area contributed by atoms with Gasteiger partial charge in [-0.1, -0.05) is 30.3 Å². The Labute approximate surface area is 129 Å². The Bertz CT molecular complexity index is 545. The highest BCUT2D eigenvalue weighted by molar-refractivity contribution is 5.70. The van der Waals surface area contributed by atoms with Gasteiger partial charge in [-0.15, -0.1) is 0 Å². The third-order valence-corrected chi connectivity index (χ3v) is 4.86. The van der Waals surface area contributed by atoms with Crippen molar-refractivity contribution in [3.05, 3.63) is 35.9 Å². The van der Waals surface area contributed by atoms with Crippen molar-refractivity contribution < 1.29 is 19.4 Å². The summed E-state index contributed by atoms with van der Waals surface area (Å²) in [6.07, 6.45) is 2.01. The lowest BCUT2D eigenvalue weighted by Gasteiger charge is -2.27. The maximum atomic E-state index is 12.2. The van der Waals surface area contributed by atoms with Gasteiger partial charge in [-0.3, -0.25) is 4.79 Å². The SMILES string of the molecule is O=C(O)C1CCC2CN(C(=O)OCc3ccccc3)CC2C1. The van der Waals surface area contributed by atoms with E-state index in [0.29, 0.717) is 31.3 Å². The smallest absolute Gasteiger partial charge is 0.410 e. The first kappa shape index (κ1) is 14.9. The number of carbonyl (C=O) groups excluding carboxylic acids is 1. The van der Waals surface area contributed by atoms with Gasteiger partial charge >= 0.3 is 12.1 Å². The van der Waals surface area contributed by atoms with Gasteiger partial charge in [0.1, 0.15) is 6.61 Å². The molecular weight excluding hydrogens is 282 g/mol. The minimum atomic E-state index is -0.705. The second-order valence-electron chi connectivity index (χ2n) is 6.31. The van der Waals surface area contributed by atoms with Crippen molar-refractivity contribution in [1.29, 1.82) is 0 Å². The van der Waals surface area contributed by atoms with Crippen molar-refractivity contribution in [3.8, 4) is 0 Å². The van der Waals surface area contributed by atoms with Crippen LogP contribution < -0.4 is 0 Å². The largest absolute Gasteiger partial charge is 0.481 e. The number of nitrogens with zero attached hydrogens (tertiary/aromatic N) is 1. The van der Waals surface area contributed by atoms with E-state index in [1.807, 2.05) is 30.3 Å². The zero-order valence-electron chi connectivity index (χ0n) is 12.5. The van der Waals surface area contributed by atoms with E-state index in [1.54, 1.807) is 4.90 Å². The standard InChI is InChI=1S/C17H21NO4/c19-16(20)13-6-7-14-9-18(10-15(14)8-13)17(21)22-11-12-4-2-1-3-5-12/h1-5,13-15H,6-11H2,(H,19,20). The van der Waals surface area contributed by atoms with Crippen LogP contribution in [0.4, 0.5) is 4.79 Å². The van der Waals surface area contributed by atoms with E-state index in [2.05, 4.69) is 0 Å². The third kappa shape index (κ3) is 3.24. The number of carboxylic acids is 1. The zero-order valence-corrected chi connectivity index (χ0v) is 12.5. The van der Waals surface area contributed by atoms with Crippen molar-refractivity contribution in [2.24, 2.45) is 17.8 Å². The van der Waals surface area contributed by atoms with Crippen molar-refractivity contribution in [2.45, 2.75) is 25.9 Å². The zero-order chi connectivity index (χ0) is 15.5. The molecule has 3 unspecified atom stereocenters. The van der Waals surface area contributed by atoms with E-state index in [1.165, 1.54) is 0 Å². The Morgan fingerprint density at radius 2 is 1.86 bits per heavy atom. The topological polar surface area (TPSA) is 66.8 Å². The number of benzene rings is 1. The molecular formula is C17H21NO4. The van der Waals surface area contributed by atoms with Crippen molar-refractivity contribution in [1.82, 2.24) is 4.90 Å². The average molecular weight is 303 g/mol. The molecule has 1 saturated heterocycles. The molecule has 1 amide bonds. The summed E-state index contributed by atoms with van der Waals surface area (Å²) in [6, 6.07) is 9.61. The number of hydrogen-bond acceptors (Lipinski definition) is 3. The predicted molar refractivity (Wildman–Crippen MR) is 80.2 cm³/mol. The molecule has 1 saturated carbocycles. The van der Waals surface area contributed by atoms with Crippen LogP contribution in [0.15, 0.2) is 30.3 Å². The van der Waals surface area contributed by atoms with E-state index in [9.17, 15) is 9.59 Å². The molecule has 118 valence electrons. The second kappa shape index (κ2) is 6.38. The molecule has 0 radical (unpaired) electrons. The summed E-state index contributed by atoms with van der Waals surface area (Å²) in [4.78, 5) is 25.0. The molecule has 5 nitrogen and oxygen atoms in total. The number of carboxylic acid groups (broad SMARTS) is 1. The maximum absolute atomic E-state index is 12.2. The normalized spacial score (nSPS) is 27.3. The van der Waals surface area contributed by atoms with E-state index in [0.717, 1.165) is 18.4 Å². The summed E-state index contributed by atoms with van der Waals surface area (Å²) in [5.41, 5.74) is 0.971. The molecule has 1 aromatic carbocycles. The Balaban J connectivity index is 1.52. The van der Waals surface area contributed by atoms with Crippen molar-refractivity contribution in [2.75, 3.05) is 13.1 Å². The Kier molecular flexibility index (Phi) is 4.32. The quantitative estimate of drug-likeness (QED) is 0.932. The van der Waals surface area contributed by atoms with Gasteiger partial charge in [0.25, 0.3) is 0 Å². The highest BCUT2D eigenvalue weighted by atomic mass is 16.6. The maximum Gasteiger partial charge on any atom is 0.410 e. The van der Waals surface area contributed by atoms with Gasteiger partial charge < -0.3 is 14.7 Å². The number of rotatable bonds is 3. The van der Waals surface area contributed by atoms with Crippen LogP contribution in [0.25, 0.3) is 0 Å². The molecule has 22 heavy (non-hydrogen) atoms. The Morgan fingerprint density at radius 1 is 1.14 bits per heavy atom. The predicted octanol–water partition coefficient (Wildman–Crippen LogP) is 2.76. The van der Waals surface area contributed by atoms with Crippen LogP contribution in [-0.4, -0.2) is 35.2 Å². The number of ether oxygens (including phenoxy) is 1. The van der Waals surface area contributed by atoms with Gasteiger partial charge in [-0.25, -0.2) is 4.79 Å². The minimum absolute atomic E-state index is 0.249. The van der Waals surface area contributed by atoms with Crippen LogP contribution in [0.5, 0.6) is 0 Å². The van der Waals surface area contributed by atoms with Crippen molar-refractivity contribution in [3.63, 3.8) is 0 Å². The first-order valence-corrected chi connectivity index (χ1v) is 7.82. The molecule has 3 rings (SSSR count). The molecule has 2 fully saturated rings. The van der Waals surface area contributed by atoms with Gasteiger partial charge in [0, 0.05) is 13.1 Å². The molecule has 2 aliphatic rings. The van der Waals surface area contributed by atoms with E-state index in [-0.39, 0.29) is 18.6 Å². The summed E-state index contributed by atoms with van der Waals surface area (Å²) in [6.45, 7) is 1.61. The summed E-state index contributed by atoms with van der Waals surface area (Å²) in [5.74, 6) is -0.218. The third-order valence-electron chi connectivity index (χ3n) is 4.86. The summed E-state index contributed by atoms with van der Waals surface area (Å²) >= 11 is 0. The fourth-order valence-electron chi connectivity index (χ4n) is 3.62. The number of likely N-dealkylation sites (tertiary alicyclic amines) is 1. The van der Waals surface area contributed by atoms with Crippen LogP contribution in [0.1, 0.15) is 24.8 Å². The molecule has 1 N–H and O–H groups in total. The molecule has 1 aliphatic heterocycles. The van der Waals surface area contributed by atoms with Crippen LogP contribution in [-0.2, 0) is 16.1 Å². The van der Waals surface area contributed by atoms with Crippen molar-refractivity contribution >= 4 is 12.1 Å². The number of hydrogen-bond donors (Lipinski definition) is 1. The molecule has 1 aliphatic carbocycles. The molecule has 1 aromatic rings. The minimum Gasteiger partial charge on any atom is -0.481 e. The van der Waals surface area contributed by atoms with Gasteiger partial charge in [0.05, 0.1) is 5.92 Å². The number of aliphatic carboxylic acids is 1. The van der Waals surface area contributed by atoms with Crippen LogP contribution in [0, 0.1) is 17.8 Å². The fraction of sp³-hybridized carbons (Fsp3) is 0.529. The highest BCUT2D eigenvalue weighted by Crippen LogP contribution is 2.39. The van der Waals surface area contributed by atoms with Gasteiger partial charge in [0.2, 0.25) is 0 Å². The van der Waals surface area contributed by atoms with Crippen LogP contribution in [0.2, 0.25) is 0 Å². The second-order valence-corrected chi connectivity index (χ2v) is 6.31. The molecule has 1 heterocycles. The van der Waals surface area contributed by atoms with E-state index in [4.69, 9.17) is 9.84 Å². The molecule has 5 heteroatoms. The Morgan fingerprint density at radius 3 is 2.59 bits per heavy atom. The summed E-state index contributed by atoms with van der Waals surface area (Å²) in [7, 11) is 0. The van der Waals surface area contributed by atoms with E-state index < -0.39 is 5.97 Å². The van der Waals surface area contributed by atoms with Gasteiger partial charge in [-0.2, -0.15) is 0 Å². The highest BCUT2D eigenvalue weighted by Gasteiger charge is 2.41. The first-order chi connectivity index (χ1) is 10.6. The number of carbonyl (C=O) groups is 2. The number of amides is 1. The van der Waals surface area contributed by atoms with Gasteiger partial charge in [-0.05, 0) is 36.7 Å². The first-order valence-electron chi connectivity index (χ1n) is 7.82. The lowest BCUT2D eigenvalue weighted by Crippen LogP contribution is -2.29. The van der Waals surface area contributed by atoms with E-state index >= 15 is 0 Å².